The van der Waals surface area contributed by atoms with Crippen LogP contribution in [0.2, 0.25) is 0 Å². The van der Waals surface area contributed by atoms with Crippen molar-refractivity contribution in [1.82, 2.24) is 10.2 Å². The SMILES string of the molecule is C[C@@H](C(=O)NC1CC1)N1CCC[C@H](N)C1=O. The topological polar surface area (TPSA) is 75.4 Å². The lowest BCUT2D eigenvalue weighted by Crippen LogP contribution is -2.56. The van der Waals surface area contributed by atoms with Crippen molar-refractivity contribution in [1.29, 1.82) is 0 Å². The summed E-state index contributed by atoms with van der Waals surface area (Å²) in [6, 6.07) is -0.479. The summed E-state index contributed by atoms with van der Waals surface area (Å²) in [5.41, 5.74) is 5.70. The van der Waals surface area contributed by atoms with Crippen LogP contribution in [-0.2, 0) is 9.59 Å². The van der Waals surface area contributed by atoms with Crippen molar-refractivity contribution in [2.24, 2.45) is 5.73 Å². The number of hydrogen-bond acceptors (Lipinski definition) is 3. The number of piperidine rings is 1. The van der Waals surface area contributed by atoms with Crippen molar-refractivity contribution in [2.45, 2.75) is 50.7 Å². The van der Waals surface area contributed by atoms with Crippen LogP contribution in [0.5, 0.6) is 0 Å². The van der Waals surface area contributed by atoms with Gasteiger partial charge in [0.25, 0.3) is 0 Å². The number of nitrogens with two attached hydrogens (primary N) is 1. The van der Waals surface area contributed by atoms with E-state index in [1.54, 1.807) is 11.8 Å². The highest BCUT2D eigenvalue weighted by molar-refractivity contribution is 5.90. The Hall–Kier alpha value is -1.10. The van der Waals surface area contributed by atoms with Gasteiger partial charge >= 0.3 is 0 Å². The second kappa shape index (κ2) is 4.41. The van der Waals surface area contributed by atoms with Crippen molar-refractivity contribution >= 4 is 11.8 Å². The maximum atomic E-state index is 11.8. The van der Waals surface area contributed by atoms with Gasteiger partial charge in [0.05, 0.1) is 6.04 Å². The fraction of sp³-hybridized carbons (Fsp3) is 0.818. The number of nitrogens with one attached hydrogen (secondary N) is 1. The van der Waals surface area contributed by atoms with E-state index >= 15 is 0 Å². The largest absolute Gasteiger partial charge is 0.352 e. The molecule has 5 heteroatoms. The lowest BCUT2D eigenvalue weighted by atomic mass is 10.0. The van der Waals surface area contributed by atoms with E-state index in [1.165, 1.54) is 0 Å². The molecule has 2 fully saturated rings. The molecule has 16 heavy (non-hydrogen) atoms. The Morgan fingerprint density at radius 3 is 2.81 bits per heavy atom. The van der Waals surface area contributed by atoms with E-state index in [-0.39, 0.29) is 17.9 Å². The molecule has 1 aliphatic heterocycles. The molecule has 2 amide bonds. The van der Waals surface area contributed by atoms with Gasteiger partial charge in [0.15, 0.2) is 0 Å². The van der Waals surface area contributed by atoms with Crippen LogP contribution in [0.1, 0.15) is 32.6 Å². The van der Waals surface area contributed by atoms with Crippen molar-refractivity contribution in [3.8, 4) is 0 Å². The highest BCUT2D eigenvalue weighted by Crippen LogP contribution is 2.20. The Balaban J connectivity index is 1.93. The number of amides is 2. The average Bonchev–Trinajstić information content (AvgIpc) is 3.05. The zero-order chi connectivity index (χ0) is 11.7. The maximum Gasteiger partial charge on any atom is 0.242 e. The van der Waals surface area contributed by atoms with Gasteiger partial charge in [-0.25, -0.2) is 0 Å². The Bertz CT molecular complexity index is 302. The summed E-state index contributed by atoms with van der Waals surface area (Å²) in [5.74, 6) is -0.144. The van der Waals surface area contributed by atoms with Crippen LogP contribution in [-0.4, -0.2) is 41.4 Å². The minimum absolute atomic E-state index is 0.0510. The van der Waals surface area contributed by atoms with Gasteiger partial charge in [-0.1, -0.05) is 0 Å². The summed E-state index contributed by atoms with van der Waals surface area (Å²) in [6.07, 6.45) is 3.73. The van der Waals surface area contributed by atoms with Crippen LogP contribution in [0.4, 0.5) is 0 Å². The summed E-state index contributed by atoms with van der Waals surface area (Å²) in [7, 11) is 0. The predicted molar refractivity (Wildman–Crippen MR) is 59.5 cm³/mol. The monoisotopic (exact) mass is 225 g/mol. The van der Waals surface area contributed by atoms with Crippen molar-refractivity contribution in [2.75, 3.05) is 6.54 Å². The maximum absolute atomic E-state index is 11.8. The highest BCUT2D eigenvalue weighted by Gasteiger charge is 2.34. The van der Waals surface area contributed by atoms with Gasteiger partial charge in [-0.15, -0.1) is 0 Å². The van der Waals surface area contributed by atoms with E-state index in [1.807, 2.05) is 0 Å². The molecular weight excluding hydrogens is 206 g/mol. The standard InChI is InChI=1S/C11H19N3O2/c1-7(10(15)13-8-4-5-8)14-6-2-3-9(12)11(14)16/h7-9H,2-6,12H2,1H3,(H,13,15)/t7-,9-/m0/s1. The fourth-order valence-corrected chi connectivity index (χ4v) is 2.00. The first-order valence-corrected chi connectivity index (χ1v) is 5.96. The smallest absolute Gasteiger partial charge is 0.242 e. The van der Waals surface area contributed by atoms with E-state index in [4.69, 9.17) is 5.73 Å². The second-order valence-corrected chi connectivity index (χ2v) is 4.74. The van der Waals surface area contributed by atoms with Gasteiger partial charge in [0, 0.05) is 12.6 Å². The minimum atomic E-state index is -0.426. The first-order chi connectivity index (χ1) is 7.59. The second-order valence-electron chi connectivity index (χ2n) is 4.74. The number of carbonyl (C=O) groups is 2. The molecule has 3 N–H and O–H groups in total. The predicted octanol–water partition coefficient (Wildman–Crippen LogP) is -0.397. The van der Waals surface area contributed by atoms with Crippen molar-refractivity contribution in [3.05, 3.63) is 0 Å². The van der Waals surface area contributed by atoms with E-state index in [0.29, 0.717) is 12.6 Å². The number of rotatable bonds is 3. The van der Waals surface area contributed by atoms with Crippen molar-refractivity contribution < 1.29 is 9.59 Å². The molecule has 2 aliphatic rings. The molecule has 0 radical (unpaired) electrons. The van der Waals surface area contributed by atoms with E-state index < -0.39 is 6.04 Å². The average molecular weight is 225 g/mol. The molecule has 0 aromatic heterocycles. The molecule has 0 aromatic rings. The van der Waals surface area contributed by atoms with Gasteiger partial charge in [-0.05, 0) is 32.6 Å². The Morgan fingerprint density at radius 1 is 1.50 bits per heavy atom. The van der Waals surface area contributed by atoms with Crippen LogP contribution in [0, 0.1) is 0 Å². The molecule has 1 saturated carbocycles. The Labute approximate surface area is 95.3 Å². The van der Waals surface area contributed by atoms with Crippen molar-refractivity contribution in [3.63, 3.8) is 0 Å². The summed E-state index contributed by atoms with van der Waals surface area (Å²) in [4.78, 5) is 25.2. The molecule has 2 rings (SSSR count). The third kappa shape index (κ3) is 2.35. The van der Waals surface area contributed by atoms with E-state index in [0.717, 1.165) is 25.7 Å². The molecular formula is C11H19N3O2. The summed E-state index contributed by atoms with van der Waals surface area (Å²) >= 11 is 0. The van der Waals surface area contributed by atoms with Gasteiger partial charge in [0.1, 0.15) is 6.04 Å². The Morgan fingerprint density at radius 2 is 2.19 bits per heavy atom. The zero-order valence-corrected chi connectivity index (χ0v) is 9.61. The van der Waals surface area contributed by atoms with Gasteiger partial charge in [-0.2, -0.15) is 0 Å². The molecule has 90 valence electrons. The Kier molecular flexibility index (Phi) is 3.14. The molecule has 1 saturated heterocycles. The summed E-state index contributed by atoms with van der Waals surface area (Å²) in [5, 5.41) is 2.91. The zero-order valence-electron chi connectivity index (χ0n) is 9.61. The first-order valence-electron chi connectivity index (χ1n) is 5.96. The minimum Gasteiger partial charge on any atom is -0.352 e. The van der Waals surface area contributed by atoms with Crippen LogP contribution >= 0.6 is 0 Å². The lowest BCUT2D eigenvalue weighted by Gasteiger charge is -2.34. The van der Waals surface area contributed by atoms with Gasteiger partial charge in [-0.3, -0.25) is 9.59 Å². The molecule has 1 heterocycles. The number of carbonyl (C=O) groups excluding carboxylic acids is 2. The van der Waals surface area contributed by atoms with Gasteiger partial charge in [0.2, 0.25) is 11.8 Å². The molecule has 0 aromatic carbocycles. The molecule has 0 unspecified atom stereocenters. The van der Waals surface area contributed by atoms with Crippen LogP contribution in [0.25, 0.3) is 0 Å². The number of likely N-dealkylation sites (tertiary alicyclic amines) is 1. The number of nitrogens with zero attached hydrogens (tertiary/aromatic N) is 1. The highest BCUT2D eigenvalue weighted by atomic mass is 16.2. The summed E-state index contributed by atoms with van der Waals surface area (Å²) < 4.78 is 0. The lowest BCUT2D eigenvalue weighted by molar-refractivity contribution is -0.143. The quantitative estimate of drug-likeness (QED) is 0.686. The van der Waals surface area contributed by atoms with E-state index in [2.05, 4.69) is 5.32 Å². The number of hydrogen-bond donors (Lipinski definition) is 2. The molecule has 0 bridgehead atoms. The third-order valence-corrected chi connectivity index (χ3v) is 3.29. The van der Waals surface area contributed by atoms with E-state index in [9.17, 15) is 9.59 Å². The molecule has 0 spiro atoms. The normalized spacial score (nSPS) is 27.8. The van der Waals surface area contributed by atoms with Crippen LogP contribution in [0.3, 0.4) is 0 Å². The summed E-state index contributed by atoms with van der Waals surface area (Å²) in [6.45, 7) is 2.42. The third-order valence-electron chi connectivity index (χ3n) is 3.29. The molecule has 2 atom stereocenters. The molecule has 1 aliphatic carbocycles. The van der Waals surface area contributed by atoms with Crippen LogP contribution in [0.15, 0.2) is 0 Å². The first kappa shape index (κ1) is 11.4. The molecule has 5 nitrogen and oxygen atoms in total. The fourth-order valence-electron chi connectivity index (χ4n) is 2.00. The van der Waals surface area contributed by atoms with Crippen LogP contribution < -0.4 is 11.1 Å². The van der Waals surface area contributed by atoms with Gasteiger partial charge < -0.3 is 16.0 Å².